The maximum Gasteiger partial charge on any atom is 0.419 e. The number of rotatable bonds is 5. The Hall–Kier alpha value is -4.94. The van der Waals surface area contributed by atoms with E-state index in [1.807, 2.05) is 0 Å². The Balaban J connectivity index is 1.32. The fourth-order valence-electron chi connectivity index (χ4n) is 3.65. The number of carbonyl (C=O) groups is 1. The lowest BCUT2D eigenvalue weighted by Gasteiger charge is -2.12. The lowest BCUT2D eigenvalue weighted by Crippen LogP contribution is -2.19. The van der Waals surface area contributed by atoms with Crippen LogP contribution >= 0.6 is 0 Å². The zero-order valence-electron chi connectivity index (χ0n) is 18.8. The third-order valence-electron chi connectivity index (χ3n) is 5.40. The van der Waals surface area contributed by atoms with Gasteiger partial charge in [0.25, 0.3) is 0 Å². The summed E-state index contributed by atoms with van der Waals surface area (Å²) in [5.41, 5.74) is 5.24. The maximum atomic E-state index is 13.5. The second-order valence-corrected chi connectivity index (χ2v) is 7.89. The molecule has 0 aliphatic carbocycles. The van der Waals surface area contributed by atoms with Crippen LogP contribution in [-0.2, 0) is 12.7 Å². The van der Waals surface area contributed by atoms with Crippen LogP contribution in [0.4, 0.5) is 34.0 Å². The number of carbonyl (C=O) groups excluding carboxylic acids is 1. The highest BCUT2D eigenvalue weighted by Crippen LogP contribution is 2.33. The number of fused-ring (bicyclic) bond motifs is 1. The molecule has 0 saturated heterocycles. The third kappa shape index (κ3) is 5.05. The molecular formula is C24H17F4N7O2. The molecule has 0 saturated carbocycles. The second kappa shape index (κ2) is 9.26. The van der Waals surface area contributed by atoms with Crippen LogP contribution in [0.3, 0.4) is 0 Å². The molecule has 0 radical (unpaired) electrons. The molecule has 2 aromatic carbocycles. The molecule has 13 heteroatoms. The molecule has 3 N–H and O–H groups in total. The number of halogens is 4. The average Bonchev–Trinajstić information content (AvgIpc) is 3.45. The van der Waals surface area contributed by atoms with E-state index in [-0.39, 0.29) is 11.6 Å². The smallest absolute Gasteiger partial charge is 0.419 e. The lowest BCUT2D eigenvalue weighted by molar-refractivity contribution is -0.139. The maximum absolute atomic E-state index is 13.5. The summed E-state index contributed by atoms with van der Waals surface area (Å²) < 4.78 is 61.2. The van der Waals surface area contributed by atoms with Crippen LogP contribution in [0.25, 0.3) is 10.9 Å². The van der Waals surface area contributed by atoms with Crippen molar-refractivity contribution in [3.05, 3.63) is 90.5 Å². The van der Waals surface area contributed by atoms with Gasteiger partial charge in [-0.15, -0.1) is 0 Å². The number of aromatic nitrogens is 5. The van der Waals surface area contributed by atoms with Gasteiger partial charge in [0, 0.05) is 35.7 Å². The van der Waals surface area contributed by atoms with Crippen molar-refractivity contribution in [2.45, 2.75) is 12.7 Å². The van der Waals surface area contributed by atoms with E-state index in [1.54, 1.807) is 47.3 Å². The summed E-state index contributed by atoms with van der Waals surface area (Å²) in [6, 6.07) is 9.72. The molecule has 0 unspecified atom stereocenters. The van der Waals surface area contributed by atoms with Crippen molar-refractivity contribution in [3.8, 4) is 11.6 Å². The van der Waals surface area contributed by atoms with Crippen LogP contribution in [-0.4, -0.2) is 30.1 Å². The Kier molecular flexibility index (Phi) is 5.95. The number of benzene rings is 2. The van der Waals surface area contributed by atoms with Crippen molar-refractivity contribution in [1.29, 1.82) is 0 Å². The molecule has 0 fully saturated rings. The van der Waals surface area contributed by atoms with Crippen molar-refractivity contribution >= 4 is 28.6 Å². The number of alkyl halides is 3. The molecule has 1 amide bonds. The van der Waals surface area contributed by atoms with E-state index in [4.69, 9.17) is 10.5 Å². The van der Waals surface area contributed by atoms with Crippen molar-refractivity contribution in [1.82, 2.24) is 24.1 Å². The summed E-state index contributed by atoms with van der Waals surface area (Å²) in [5, 5.41) is 2.98. The first-order valence-electron chi connectivity index (χ1n) is 10.7. The van der Waals surface area contributed by atoms with Crippen molar-refractivity contribution in [2.24, 2.45) is 0 Å². The van der Waals surface area contributed by atoms with E-state index in [9.17, 15) is 22.4 Å². The zero-order valence-corrected chi connectivity index (χ0v) is 18.8. The number of nitrogen functional groups attached to an aromatic ring is 1. The van der Waals surface area contributed by atoms with Crippen LogP contribution < -0.4 is 15.8 Å². The molecule has 0 aliphatic heterocycles. The average molecular weight is 511 g/mol. The predicted molar refractivity (Wildman–Crippen MR) is 126 cm³/mol. The quantitative estimate of drug-likeness (QED) is 0.310. The van der Waals surface area contributed by atoms with Gasteiger partial charge in [0.2, 0.25) is 5.88 Å². The largest absolute Gasteiger partial charge is 0.439 e. The summed E-state index contributed by atoms with van der Waals surface area (Å²) in [6.07, 6.45) is 1.22. The molecule has 3 heterocycles. The summed E-state index contributed by atoms with van der Waals surface area (Å²) in [4.78, 5) is 25.0. The first-order valence-corrected chi connectivity index (χ1v) is 10.7. The highest BCUT2D eigenvalue weighted by Gasteiger charge is 2.34. The minimum Gasteiger partial charge on any atom is -0.439 e. The Labute approximate surface area is 206 Å². The number of imidazole rings is 1. The summed E-state index contributed by atoms with van der Waals surface area (Å²) in [7, 11) is 0. The number of anilines is 2. The third-order valence-corrected chi connectivity index (χ3v) is 5.40. The number of nitrogens with zero attached hydrogens (tertiary/aromatic N) is 5. The SMILES string of the molecule is Nc1nccn1Cc1cc(Oc2ccc3c(ccn3C(=O)Nc3ccc(F)c(C(F)(F)F)c3)c2)ncn1. The molecule has 37 heavy (non-hydrogen) atoms. The standard InChI is InChI=1S/C24H17F4N7O2/c25-19-3-1-15(10-18(19)24(26,27)28)33-23(36)35-7-5-14-9-17(2-4-20(14)35)37-21-11-16(31-13-32-21)12-34-8-6-30-22(34)29/h1-11,13H,12H2,(H2,29,30)(H,33,36). The highest BCUT2D eigenvalue weighted by molar-refractivity contribution is 5.98. The number of nitrogens with one attached hydrogen (secondary N) is 1. The summed E-state index contributed by atoms with van der Waals surface area (Å²) in [6.45, 7) is 0.375. The Morgan fingerprint density at radius 1 is 1.03 bits per heavy atom. The summed E-state index contributed by atoms with van der Waals surface area (Å²) >= 11 is 0. The molecule has 5 aromatic rings. The molecule has 3 aromatic heterocycles. The van der Waals surface area contributed by atoms with Gasteiger partial charge in [-0.1, -0.05) is 0 Å². The van der Waals surface area contributed by atoms with Gasteiger partial charge >= 0.3 is 12.2 Å². The predicted octanol–water partition coefficient (Wildman–Crippen LogP) is 5.29. The van der Waals surface area contributed by atoms with E-state index in [2.05, 4.69) is 20.3 Å². The van der Waals surface area contributed by atoms with E-state index in [0.29, 0.717) is 47.0 Å². The first kappa shape index (κ1) is 23.8. The number of hydrogen-bond acceptors (Lipinski definition) is 6. The molecule has 188 valence electrons. The Morgan fingerprint density at radius 3 is 2.62 bits per heavy atom. The fourth-order valence-corrected chi connectivity index (χ4v) is 3.65. The minimum absolute atomic E-state index is 0.197. The van der Waals surface area contributed by atoms with Gasteiger partial charge in [-0.05, 0) is 42.5 Å². The van der Waals surface area contributed by atoms with Crippen molar-refractivity contribution in [2.75, 3.05) is 11.1 Å². The van der Waals surface area contributed by atoms with Gasteiger partial charge in [-0.25, -0.2) is 24.1 Å². The van der Waals surface area contributed by atoms with Crippen LogP contribution in [0, 0.1) is 5.82 Å². The molecule has 9 nitrogen and oxygen atoms in total. The van der Waals surface area contributed by atoms with Crippen molar-refractivity contribution < 1.29 is 27.1 Å². The van der Waals surface area contributed by atoms with Gasteiger partial charge < -0.3 is 20.4 Å². The van der Waals surface area contributed by atoms with Crippen LogP contribution in [0.1, 0.15) is 11.3 Å². The minimum atomic E-state index is -4.89. The van der Waals surface area contributed by atoms with Crippen LogP contribution in [0.15, 0.2) is 73.4 Å². The fraction of sp³-hybridized carbons (Fsp3) is 0.0833. The van der Waals surface area contributed by atoms with Gasteiger partial charge in [0.05, 0.1) is 23.3 Å². The second-order valence-electron chi connectivity index (χ2n) is 7.89. The Bertz CT molecular complexity index is 1610. The zero-order chi connectivity index (χ0) is 26.2. The highest BCUT2D eigenvalue weighted by atomic mass is 19.4. The van der Waals surface area contributed by atoms with Crippen LogP contribution in [0.2, 0.25) is 0 Å². The summed E-state index contributed by atoms with van der Waals surface area (Å²) in [5.74, 6) is -0.353. The van der Waals surface area contributed by atoms with Crippen LogP contribution in [0.5, 0.6) is 11.6 Å². The lowest BCUT2D eigenvalue weighted by atomic mass is 10.2. The molecular weight excluding hydrogens is 494 g/mol. The monoisotopic (exact) mass is 511 g/mol. The first-order chi connectivity index (χ1) is 17.7. The van der Waals surface area contributed by atoms with E-state index >= 15 is 0 Å². The molecule has 0 bridgehead atoms. The van der Waals surface area contributed by atoms with E-state index in [1.165, 1.54) is 17.1 Å². The topological polar surface area (TPSA) is 113 Å². The molecule has 0 atom stereocenters. The Morgan fingerprint density at radius 2 is 1.86 bits per heavy atom. The number of nitrogens with two attached hydrogens (primary N) is 1. The number of amides is 1. The van der Waals surface area contributed by atoms with Gasteiger partial charge in [-0.3, -0.25) is 4.57 Å². The van der Waals surface area contributed by atoms with E-state index < -0.39 is 23.6 Å². The van der Waals surface area contributed by atoms with Crippen molar-refractivity contribution in [3.63, 3.8) is 0 Å². The normalized spacial score (nSPS) is 11.6. The molecule has 0 spiro atoms. The number of hydrogen-bond donors (Lipinski definition) is 2. The van der Waals surface area contributed by atoms with Gasteiger partial charge in [0.1, 0.15) is 17.9 Å². The van der Waals surface area contributed by atoms with E-state index in [0.717, 1.165) is 6.07 Å². The number of ether oxygens (including phenoxy) is 1. The molecule has 5 rings (SSSR count). The van der Waals surface area contributed by atoms with Gasteiger partial charge in [-0.2, -0.15) is 13.2 Å². The molecule has 0 aliphatic rings. The van der Waals surface area contributed by atoms with Gasteiger partial charge in [0.15, 0.2) is 5.95 Å².